The zero-order valence-corrected chi connectivity index (χ0v) is 10.4. The molecule has 0 aromatic rings. The maximum absolute atomic E-state index is 11.9. The first-order valence-corrected chi connectivity index (χ1v) is 6.18. The van der Waals surface area contributed by atoms with E-state index in [0.717, 1.165) is 19.0 Å². The number of hydrogen-bond donors (Lipinski definition) is 1. The Kier molecular flexibility index (Phi) is 4.58. The summed E-state index contributed by atoms with van der Waals surface area (Å²) in [7, 11) is 0. The molecule has 0 aliphatic heterocycles. The van der Waals surface area contributed by atoms with Crippen LogP contribution in [0.25, 0.3) is 0 Å². The highest BCUT2D eigenvalue weighted by atomic mass is 16.2. The molecule has 0 saturated heterocycles. The zero-order chi connectivity index (χ0) is 11.4. The van der Waals surface area contributed by atoms with Crippen molar-refractivity contribution in [3.05, 3.63) is 0 Å². The minimum Gasteiger partial charge on any atom is -0.342 e. The molecule has 0 bridgehead atoms. The van der Waals surface area contributed by atoms with Gasteiger partial charge in [0.25, 0.3) is 0 Å². The second-order valence-electron chi connectivity index (χ2n) is 4.41. The fourth-order valence-electron chi connectivity index (χ4n) is 2.10. The van der Waals surface area contributed by atoms with Gasteiger partial charge in [-0.1, -0.05) is 13.3 Å². The number of amides is 1. The van der Waals surface area contributed by atoms with Crippen molar-refractivity contribution in [2.24, 2.45) is 5.92 Å². The van der Waals surface area contributed by atoms with Crippen molar-refractivity contribution >= 4 is 5.91 Å². The van der Waals surface area contributed by atoms with Gasteiger partial charge in [0, 0.05) is 19.1 Å². The Balaban J connectivity index is 2.33. The van der Waals surface area contributed by atoms with Crippen LogP contribution in [0, 0.1) is 5.92 Å². The molecule has 0 heterocycles. The van der Waals surface area contributed by atoms with Crippen molar-refractivity contribution in [1.82, 2.24) is 10.2 Å². The Morgan fingerprint density at radius 1 is 1.40 bits per heavy atom. The summed E-state index contributed by atoms with van der Waals surface area (Å²) in [6, 6.07) is 0.566. The molecule has 0 spiro atoms. The third-order valence-corrected chi connectivity index (χ3v) is 3.36. The number of nitrogens with one attached hydrogen (secondary N) is 1. The summed E-state index contributed by atoms with van der Waals surface area (Å²) in [4.78, 5) is 13.8. The summed E-state index contributed by atoms with van der Waals surface area (Å²) in [6.45, 7) is 9.86. The number of nitrogens with zero attached hydrogens (tertiary/aromatic N) is 1. The Labute approximate surface area is 93.2 Å². The molecule has 0 radical (unpaired) electrons. The van der Waals surface area contributed by atoms with Crippen LogP contribution >= 0.6 is 0 Å². The summed E-state index contributed by atoms with van der Waals surface area (Å²) < 4.78 is 0. The van der Waals surface area contributed by atoms with Gasteiger partial charge in [-0.3, -0.25) is 4.79 Å². The molecule has 1 amide bonds. The van der Waals surface area contributed by atoms with E-state index in [1.165, 1.54) is 12.8 Å². The van der Waals surface area contributed by atoms with Crippen LogP contribution in [0.15, 0.2) is 0 Å². The molecule has 1 aliphatic carbocycles. The highest BCUT2D eigenvalue weighted by molar-refractivity contribution is 5.81. The van der Waals surface area contributed by atoms with E-state index in [2.05, 4.69) is 12.2 Å². The second-order valence-corrected chi connectivity index (χ2v) is 4.41. The number of hydrogen-bond acceptors (Lipinski definition) is 2. The molecule has 3 unspecified atom stereocenters. The average molecular weight is 212 g/mol. The fraction of sp³-hybridized carbons (Fsp3) is 0.917. The van der Waals surface area contributed by atoms with E-state index in [9.17, 15) is 4.79 Å². The summed E-state index contributed by atoms with van der Waals surface area (Å²) in [5, 5.41) is 3.41. The minimum atomic E-state index is -0.0218. The summed E-state index contributed by atoms with van der Waals surface area (Å²) in [6.07, 6.45) is 2.47. The normalized spacial score (nSPS) is 26.1. The van der Waals surface area contributed by atoms with E-state index in [4.69, 9.17) is 0 Å². The quantitative estimate of drug-likeness (QED) is 0.726. The van der Waals surface area contributed by atoms with E-state index >= 15 is 0 Å². The number of carbonyl (C=O) groups is 1. The molecule has 1 saturated carbocycles. The minimum absolute atomic E-state index is 0.0218. The van der Waals surface area contributed by atoms with Gasteiger partial charge in [0.05, 0.1) is 6.04 Å². The molecule has 1 rings (SSSR count). The van der Waals surface area contributed by atoms with Crippen molar-refractivity contribution in [2.45, 2.75) is 52.6 Å². The van der Waals surface area contributed by atoms with Gasteiger partial charge in [-0.2, -0.15) is 0 Å². The molecule has 1 N–H and O–H groups in total. The molecule has 1 aliphatic rings. The van der Waals surface area contributed by atoms with Crippen molar-refractivity contribution in [2.75, 3.05) is 13.1 Å². The van der Waals surface area contributed by atoms with Gasteiger partial charge in [-0.25, -0.2) is 0 Å². The van der Waals surface area contributed by atoms with Crippen molar-refractivity contribution in [3.63, 3.8) is 0 Å². The van der Waals surface area contributed by atoms with Gasteiger partial charge in [-0.05, 0) is 33.1 Å². The average Bonchev–Trinajstić information content (AvgIpc) is 2.98. The first-order chi connectivity index (χ1) is 7.13. The molecule has 88 valence electrons. The largest absolute Gasteiger partial charge is 0.342 e. The van der Waals surface area contributed by atoms with Gasteiger partial charge in [0.15, 0.2) is 0 Å². The van der Waals surface area contributed by atoms with Crippen LogP contribution in [0.3, 0.4) is 0 Å². The van der Waals surface area contributed by atoms with Crippen molar-refractivity contribution in [1.29, 1.82) is 0 Å². The van der Waals surface area contributed by atoms with Crippen LogP contribution in [-0.2, 0) is 4.79 Å². The summed E-state index contributed by atoms with van der Waals surface area (Å²) in [5.74, 6) is 1.04. The Hall–Kier alpha value is -0.570. The van der Waals surface area contributed by atoms with E-state index in [-0.39, 0.29) is 11.9 Å². The van der Waals surface area contributed by atoms with Crippen LogP contribution in [0.1, 0.15) is 40.5 Å². The van der Waals surface area contributed by atoms with Crippen molar-refractivity contribution < 1.29 is 4.79 Å². The smallest absolute Gasteiger partial charge is 0.239 e. The molecule has 3 heteroatoms. The predicted molar refractivity (Wildman–Crippen MR) is 62.7 cm³/mol. The van der Waals surface area contributed by atoms with E-state index in [0.29, 0.717) is 6.04 Å². The maximum atomic E-state index is 11.9. The lowest BCUT2D eigenvalue weighted by Crippen LogP contribution is -2.45. The molecule has 0 aromatic heterocycles. The van der Waals surface area contributed by atoms with Gasteiger partial charge in [0.2, 0.25) is 5.91 Å². The topological polar surface area (TPSA) is 32.3 Å². The Bertz CT molecular complexity index is 214. The van der Waals surface area contributed by atoms with Crippen LogP contribution in [0.4, 0.5) is 0 Å². The second kappa shape index (κ2) is 5.50. The third-order valence-electron chi connectivity index (χ3n) is 3.36. The molecular weight excluding hydrogens is 188 g/mol. The van der Waals surface area contributed by atoms with Gasteiger partial charge in [0.1, 0.15) is 0 Å². The molecule has 3 atom stereocenters. The highest BCUT2D eigenvalue weighted by Gasteiger charge is 2.37. The van der Waals surface area contributed by atoms with E-state index < -0.39 is 0 Å². The SMILES string of the molecule is CCC1CC1NC(C)C(=O)N(CC)CC. The van der Waals surface area contributed by atoms with Crippen LogP contribution in [-0.4, -0.2) is 36.0 Å². The monoisotopic (exact) mass is 212 g/mol. The standard InChI is InChI=1S/C12H24N2O/c1-5-10-8-11(10)13-9(4)12(15)14(6-2)7-3/h9-11,13H,5-8H2,1-4H3. The molecule has 3 nitrogen and oxygen atoms in total. The third kappa shape index (κ3) is 3.20. The van der Waals surface area contributed by atoms with Gasteiger partial charge in [-0.15, -0.1) is 0 Å². The Morgan fingerprint density at radius 3 is 2.40 bits per heavy atom. The number of rotatable bonds is 6. The van der Waals surface area contributed by atoms with Crippen LogP contribution < -0.4 is 5.32 Å². The Morgan fingerprint density at radius 2 is 2.00 bits per heavy atom. The predicted octanol–water partition coefficient (Wildman–Crippen LogP) is 1.63. The maximum Gasteiger partial charge on any atom is 0.239 e. The molecular formula is C12H24N2O. The molecule has 15 heavy (non-hydrogen) atoms. The summed E-state index contributed by atoms with van der Waals surface area (Å²) in [5.41, 5.74) is 0. The molecule has 1 fully saturated rings. The van der Waals surface area contributed by atoms with Crippen LogP contribution in [0.2, 0.25) is 0 Å². The molecule has 0 aromatic carbocycles. The first-order valence-electron chi connectivity index (χ1n) is 6.18. The lowest BCUT2D eigenvalue weighted by Gasteiger charge is -2.23. The van der Waals surface area contributed by atoms with Crippen LogP contribution in [0.5, 0.6) is 0 Å². The van der Waals surface area contributed by atoms with Gasteiger partial charge >= 0.3 is 0 Å². The van der Waals surface area contributed by atoms with Crippen molar-refractivity contribution in [3.8, 4) is 0 Å². The lowest BCUT2D eigenvalue weighted by molar-refractivity contribution is -0.132. The first kappa shape index (κ1) is 12.5. The fourth-order valence-corrected chi connectivity index (χ4v) is 2.10. The van der Waals surface area contributed by atoms with E-state index in [1.54, 1.807) is 0 Å². The lowest BCUT2D eigenvalue weighted by atomic mass is 10.2. The zero-order valence-electron chi connectivity index (χ0n) is 10.4. The van der Waals surface area contributed by atoms with Gasteiger partial charge < -0.3 is 10.2 Å². The number of likely N-dealkylation sites (N-methyl/N-ethyl adjacent to an activating group) is 1. The van der Waals surface area contributed by atoms with E-state index in [1.807, 2.05) is 25.7 Å². The number of carbonyl (C=O) groups excluding carboxylic acids is 1. The summed E-state index contributed by atoms with van der Waals surface area (Å²) >= 11 is 0. The highest BCUT2D eigenvalue weighted by Crippen LogP contribution is 2.33.